The summed E-state index contributed by atoms with van der Waals surface area (Å²) in [4.78, 5) is 0. The first kappa shape index (κ1) is 13.3. The first-order chi connectivity index (χ1) is 9.74. The first-order valence-corrected chi connectivity index (χ1v) is 7.27. The molecule has 1 saturated heterocycles. The van der Waals surface area contributed by atoms with Gasteiger partial charge in [0.25, 0.3) is 0 Å². The van der Waals surface area contributed by atoms with Crippen molar-refractivity contribution in [1.29, 1.82) is 0 Å². The highest BCUT2D eigenvalue weighted by Crippen LogP contribution is 2.37. The van der Waals surface area contributed by atoms with Crippen molar-refractivity contribution >= 4 is 0 Å². The predicted molar refractivity (Wildman–Crippen MR) is 80.5 cm³/mol. The Morgan fingerprint density at radius 3 is 2.20 bits per heavy atom. The maximum Gasteiger partial charge on any atom is 0.123 e. The molecule has 3 rings (SSSR count). The SMILES string of the molecule is Cc1ccc(C2CCNCC2c2ccc(F)cc2)cc1. The van der Waals surface area contributed by atoms with E-state index in [0.717, 1.165) is 19.5 Å². The van der Waals surface area contributed by atoms with Crippen LogP contribution >= 0.6 is 0 Å². The molecule has 2 aromatic rings. The Labute approximate surface area is 119 Å². The van der Waals surface area contributed by atoms with Crippen LogP contribution in [0.5, 0.6) is 0 Å². The average molecular weight is 269 g/mol. The van der Waals surface area contributed by atoms with E-state index in [1.54, 1.807) is 12.1 Å². The molecule has 2 atom stereocenters. The van der Waals surface area contributed by atoms with Crippen LogP contribution in [-0.2, 0) is 0 Å². The van der Waals surface area contributed by atoms with E-state index in [0.29, 0.717) is 11.8 Å². The molecule has 20 heavy (non-hydrogen) atoms. The molecule has 2 heteroatoms. The molecule has 0 saturated carbocycles. The summed E-state index contributed by atoms with van der Waals surface area (Å²) in [6, 6.07) is 15.8. The van der Waals surface area contributed by atoms with Crippen LogP contribution in [0, 0.1) is 12.7 Å². The highest BCUT2D eigenvalue weighted by molar-refractivity contribution is 5.31. The van der Waals surface area contributed by atoms with Crippen LogP contribution in [0.2, 0.25) is 0 Å². The lowest BCUT2D eigenvalue weighted by Crippen LogP contribution is -2.34. The average Bonchev–Trinajstić information content (AvgIpc) is 2.49. The van der Waals surface area contributed by atoms with Crippen LogP contribution < -0.4 is 5.32 Å². The minimum atomic E-state index is -0.163. The Kier molecular flexibility index (Phi) is 3.83. The van der Waals surface area contributed by atoms with Gasteiger partial charge >= 0.3 is 0 Å². The zero-order chi connectivity index (χ0) is 13.9. The lowest BCUT2D eigenvalue weighted by molar-refractivity contribution is 0.404. The Bertz CT molecular complexity index is 505. The molecule has 1 heterocycles. The molecule has 1 aliphatic rings. The van der Waals surface area contributed by atoms with Gasteiger partial charge < -0.3 is 5.32 Å². The van der Waals surface area contributed by atoms with E-state index < -0.39 is 0 Å². The van der Waals surface area contributed by atoms with E-state index in [1.807, 2.05) is 12.1 Å². The zero-order valence-electron chi connectivity index (χ0n) is 11.8. The summed E-state index contributed by atoms with van der Waals surface area (Å²) in [6.45, 7) is 4.13. The van der Waals surface area contributed by atoms with E-state index in [2.05, 4.69) is 36.5 Å². The fourth-order valence-electron chi connectivity index (χ4n) is 3.13. The van der Waals surface area contributed by atoms with Gasteiger partial charge in [-0.3, -0.25) is 0 Å². The second-order valence-corrected chi connectivity index (χ2v) is 5.67. The Morgan fingerprint density at radius 2 is 1.50 bits per heavy atom. The van der Waals surface area contributed by atoms with Gasteiger partial charge in [-0.25, -0.2) is 4.39 Å². The topological polar surface area (TPSA) is 12.0 Å². The summed E-state index contributed by atoms with van der Waals surface area (Å²) in [5.41, 5.74) is 3.91. The molecule has 0 aliphatic carbocycles. The number of aryl methyl sites for hydroxylation is 1. The van der Waals surface area contributed by atoms with Crippen LogP contribution in [0.3, 0.4) is 0 Å². The standard InChI is InChI=1S/C18H20FN/c1-13-2-4-14(5-3-13)17-10-11-20-12-18(17)15-6-8-16(19)9-7-15/h2-9,17-18,20H,10-12H2,1H3. The highest BCUT2D eigenvalue weighted by Gasteiger charge is 2.27. The Morgan fingerprint density at radius 1 is 0.900 bits per heavy atom. The first-order valence-electron chi connectivity index (χ1n) is 7.27. The van der Waals surface area contributed by atoms with Crippen LogP contribution in [0.15, 0.2) is 48.5 Å². The minimum Gasteiger partial charge on any atom is -0.316 e. The minimum absolute atomic E-state index is 0.163. The van der Waals surface area contributed by atoms with Gasteiger partial charge in [0.05, 0.1) is 0 Å². The number of halogens is 1. The third-order valence-corrected chi connectivity index (χ3v) is 4.29. The molecule has 0 bridgehead atoms. The third-order valence-electron chi connectivity index (χ3n) is 4.29. The predicted octanol–water partition coefficient (Wildman–Crippen LogP) is 3.99. The summed E-state index contributed by atoms with van der Waals surface area (Å²) in [7, 11) is 0. The van der Waals surface area contributed by atoms with Crippen molar-refractivity contribution in [2.75, 3.05) is 13.1 Å². The van der Waals surface area contributed by atoms with E-state index in [4.69, 9.17) is 0 Å². The molecule has 1 aliphatic heterocycles. The van der Waals surface area contributed by atoms with Crippen molar-refractivity contribution in [3.63, 3.8) is 0 Å². The van der Waals surface area contributed by atoms with Gasteiger partial charge in [-0.05, 0) is 49.1 Å². The number of nitrogens with one attached hydrogen (secondary N) is 1. The zero-order valence-corrected chi connectivity index (χ0v) is 11.8. The number of hydrogen-bond donors (Lipinski definition) is 1. The second-order valence-electron chi connectivity index (χ2n) is 5.67. The molecule has 1 fully saturated rings. The maximum atomic E-state index is 13.1. The molecule has 0 radical (unpaired) electrons. The third kappa shape index (κ3) is 2.75. The van der Waals surface area contributed by atoms with Gasteiger partial charge in [0.15, 0.2) is 0 Å². The van der Waals surface area contributed by atoms with Crippen LogP contribution in [0.25, 0.3) is 0 Å². The molecule has 104 valence electrons. The van der Waals surface area contributed by atoms with Crippen LogP contribution in [-0.4, -0.2) is 13.1 Å². The van der Waals surface area contributed by atoms with Gasteiger partial charge in [-0.1, -0.05) is 42.0 Å². The Balaban J connectivity index is 1.90. The van der Waals surface area contributed by atoms with Gasteiger partial charge in [0, 0.05) is 12.5 Å². The van der Waals surface area contributed by atoms with E-state index in [9.17, 15) is 4.39 Å². The molecule has 2 aromatic carbocycles. The van der Waals surface area contributed by atoms with Crippen molar-refractivity contribution in [2.45, 2.75) is 25.2 Å². The molecular weight excluding hydrogens is 249 g/mol. The summed E-state index contributed by atoms with van der Waals surface area (Å²) in [6.07, 6.45) is 1.13. The van der Waals surface area contributed by atoms with Crippen LogP contribution in [0.1, 0.15) is 34.9 Å². The van der Waals surface area contributed by atoms with Crippen LogP contribution in [0.4, 0.5) is 4.39 Å². The number of rotatable bonds is 2. The van der Waals surface area contributed by atoms with E-state index >= 15 is 0 Å². The molecule has 0 spiro atoms. The number of benzene rings is 2. The molecular formula is C18H20FN. The van der Waals surface area contributed by atoms with Gasteiger partial charge in [0.2, 0.25) is 0 Å². The van der Waals surface area contributed by atoms with Gasteiger partial charge in [-0.15, -0.1) is 0 Å². The van der Waals surface area contributed by atoms with Crippen molar-refractivity contribution in [3.05, 3.63) is 71.0 Å². The van der Waals surface area contributed by atoms with Crippen molar-refractivity contribution in [3.8, 4) is 0 Å². The fraction of sp³-hybridized carbons (Fsp3) is 0.333. The summed E-state index contributed by atoms with van der Waals surface area (Å²) < 4.78 is 13.1. The van der Waals surface area contributed by atoms with Crippen molar-refractivity contribution in [1.82, 2.24) is 5.32 Å². The quantitative estimate of drug-likeness (QED) is 0.869. The summed E-state index contributed by atoms with van der Waals surface area (Å²) >= 11 is 0. The van der Waals surface area contributed by atoms with Gasteiger partial charge in [-0.2, -0.15) is 0 Å². The maximum absolute atomic E-state index is 13.1. The highest BCUT2D eigenvalue weighted by atomic mass is 19.1. The Hall–Kier alpha value is -1.67. The lowest BCUT2D eigenvalue weighted by atomic mass is 9.77. The van der Waals surface area contributed by atoms with Gasteiger partial charge in [0.1, 0.15) is 5.82 Å². The van der Waals surface area contributed by atoms with E-state index in [1.165, 1.54) is 16.7 Å². The smallest absolute Gasteiger partial charge is 0.123 e. The molecule has 1 nitrogen and oxygen atoms in total. The lowest BCUT2D eigenvalue weighted by Gasteiger charge is -2.33. The number of piperidine rings is 1. The van der Waals surface area contributed by atoms with E-state index in [-0.39, 0.29) is 5.82 Å². The number of hydrogen-bond acceptors (Lipinski definition) is 1. The second kappa shape index (κ2) is 5.76. The normalized spacial score (nSPS) is 22.7. The molecule has 2 unspecified atom stereocenters. The largest absolute Gasteiger partial charge is 0.316 e. The molecule has 0 amide bonds. The monoisotopic (exact) mass is 269 g/mol. The fourth-order valence-corrected chi connectivity index (χ4v) is 3.13. The van der Waals surface area contributed by atoms with Crippen molar-refractivity contribution in [2.24, 2.45) is 0 Å². The molecule has 0 aromatic heterocycles. The summed E-state index contributed by atoms with van der Waals surface area (Å²) in [5, 5.41) is 3.47. The molecule has 1 N–H and O–H groups in total. The van der Waals surface area contributed by atoms with Crippen molar-refractivity contribution < 1.29 is 4.39 Å². The summed E-state index contributed by atoms with van der Waals surface area (Å²) in [5.74, 6) is 0.777.